The lowest BCUT2D eigenvalue weighted by Crippen LogP contribution is -2.32. The highest BCUT2D eigenvalue weighted by atomic mass is 19.1. The van der Waals surface area contributed by atoms with E-state index >= 15 is 0 Å². The van der Waals surface area contributed by atoms with E-state index in [1.54, 1.807) is 0 Å². The fourth-order valence-corrected chi connectivity index (χ4v) is 2.49. The SMILES string of the molecule is CC(C1CC1)N(C)CCCC(=O)Nc1ccc(F)cc1N. The zero-order chi connectivity index (χ0) is 15.4. The first-order valence-electron chi connectivity index (χ1n) is 7.52. The van der Waals surface area contributed by atoms with Crippen molar-refractivity contribution in [1.29, 1.82) is 0 Å². The van der Waals surface area contributed by atoms with Crippen molar-refractivity contribution in [3.8, 4) is 0 Å². The molecule has 116 valence electrons. The molecule has 0 saturated heterocycles. The molecule has 1 saturated carbocycles. The third-order valence-corrected chi connectivity index (χ3v) is 4.20. The van der Waals surface area contributed by atoms with Crippen molar-refractivity contribution in [2.75, 3.05) is 24.6 Å². The molecule has 21 heavy (non-hydrogen) atoms. The maximum atomic E-state index is 12.9. The number of carbonyl (C=O) groups is 1. The molecule has 4 nitrogen and oxygen atoms in total. The van der Waals surface area contributed by atoms with E-state index in [4.69, 9.17) is 5.73 Å². The standard InChI is InChI=1S/C16H24FN3O/c1-11(12-5-6-12)20(2)9-3-4-16(21)19-15-8-7-13(17)10-14(15)18/h7-8,10-12H,3-6,9,18H2,1-2H3,(H,19,21). The molecule has 1 atom stereocenters. The molecule has 0 heterocycles. The number of amides is 1. The smallest absolute Gasteiger partial charge is 0.224 e. The first-order valence-corrected chi connectivity index (χ1v) is 7.52. The van der Waals surface area contributed by atoms with Crippen molar-refractivity contribution >= 4 is 17.3 Å². The summed E-state index contributed by atoms with van der Waals surface area (Å²) in [6.45, 7) is 3.15. The molecule has 0 aromatic heterocycles. The predicted octanol–water partition coefficient (Wildman–Crippen LogP) is 2.86. The molecule has 5 heteroatoms. The van der Waals surface area contributed by atoms with E-state index in [1.807, 2.05) is 0 Å². The lowest BCUT2D eigenvalue weighted by molar-refractivity contribution is -0.116. The number of hydrogen-bond acceptors (Lipinski definition) is 3. The van der Waals surface area contributed by atoms with Gasteiger partial charge in [0.2, 0.25) is 5.91 Å². The third-order valence-electron chi connectivity index (χ3n) is 4.20. The normalized spacial score (nSPS) is 16.0. The summed E-state index contributed by atoms with van der Waals surface area (Å²) < 4.78 is 12.9. The van der Waals surface area contributed by atoms with Gasteiger partial charge in [-0.15, -0.1) is 0 Å². The van der Waals surface area contributed by atoms with Crippen molar-refractivity contribution in [2.45, 2.75) is 38.6 Å². The van der Waals surface area contributed by atoms with Gasteiger partial charge in [0.15, 0.2) is 0 Å². The van der Waals surface area contributed by atoms with E-state index < -0.39 is 5.82 Å². The van der Waals surface area contributed by atoms with Gasteiger partial charge in [-0.25, -0.2) is 4.39 Å². The van der Waals surface area contributed by atoms with Crippen molar-refractivity contribution < 1.29 is 9.18 Å². The largest absolute Gasteiger partial charge is 0.397 e. The number of carbonyl (C=O) groups excluding carboxylic acids is 1. The van der Waals surface area contributed by atoms with E-state index in [-0.39, 0.29) is 11.6 Å². The molecular weight excluding hydrogens is 269 g/mol. The minimum atomic E-state index is -0.402. The summed E-state index contributed by atoms with van der Waals surface area (Å²) in [5.74, 6) is 0.352. The molecular formula is C16H24FN3O. The Labute approximate surface area is 125 Å². The Kier molecular flexibility index (Phi) is 5.17. The quantitative estimate of drug-likeness (QED) is 0.760. The van der Waals surface area contributed by atoms with Crippen LogP contribution in [0.5, 0.6) is 0 Å². The van der Waals surface area contributed by atoms with E-state index in [0.717, 1.165) is 18.9 Å². The van der Waals surface area contributed by atoms with Gasteiger partial charge in [0, 0.05) is 12.5 Å². The molecule has 3 N–H and O–H groups in total. The number of nitrogen functional groups attached to an aromatic ring is 1. The Morgan fingerprint density at radius 2 is 2.24 bits per heavy atom. The minimum absolute atomic E-state index is 0.0826. The zero-order valence-electron chi connectivity index (χ0n) is 12.7. The molecule has 1 amide bonds. The average Bonchev–Trinajstić information content (AvgIpc) is 3.25. The van der Waals surface area contributed by atoms with Gasteiger partial charge in [0.1, 0.15) is 5.82 Å². The van der Waals surface area contributed by atoms with Crippen molar-refractivity contribution in [1.82, 2.24) is 4.90 Å². The van der Waals surface area contributed by atoms with Crippen LogP contribution in [0, 0.1) is 11.7 Å². The fraction of sp³-hybridized carbons (Fsp3) is 0.562. The summed E-state index contributed by atoms with van der Waals surface area (Å²) in [5.41, 5.74) is 6.39. The first kappa shape index (κ1) is 15.8. The van der Waals surface area contributed by atoms with Crippen LogP contribution in [0.2, 0.25) is 0 Å². The van der Waals surface area contributed by atoms with Crippen LogP contribution in [0.1, 0.15) is 32.6 Å². The Morgan fingerprint density at radius 1 is 1.52 bits per heavy atom. The molecule has 1 aromatic rings. The van der Waals surface area contributed by atoms with Crippen LogP contribution in [0.25, 0.3) is 0 Å². The number of anilines is 2. The Hall–Kier alpha value is -1.62. The summed E-state index contributed by atoms with van der Waals surface area (Å²) in [6, 6.07) is 4.59. The number of hydrogen-bond donors (Lipinski definition) is 2. The van der Waals surface area contributed by atoms with Crippen LogP contribution >= 0.6 is 0 Å². The van der Waals surface area contributed by atoms with Crippen LogP contribution in [-0.4, -0.2) is 30.4 Å². The molecule has 0 aliphatic heterocycles. The van der Waals surface area contributed by atoms with E-state index in [0.29, 0.717) is 18.2 Å². The van der Waals surface area contributed by atoms with E-state index in [1.165, 1.54) is 31.0 Å². The topological polar surface area (TPSA) is 58.4 Å². The highest BCUT2D eigenvalue weighted by molar-refractivity contribution is 5.93. The Balaban J connectivity index is 1.71. The van der Waals surface area contributed by atoms with Crippen LogP contribution in [0.3, 0.4) is 0 Å². The van der Waals surface area contributed by atoms with Gasteiger partial charge >= 0.3 is 0 Å². The third kappa shape index (κ3) is 4.70. The molecule has 1 aromatic carbocycles. The minimum Gasteiger partial charge on any atom is -0.397 e. The van der Waals surface area contributed by atoms with Gasteiger partial charge in [-0.05, 0) is 63.9 Å². The number of halogens is 1. The van der Waals surface area contributed by atoms with Crippen molar-refractivity contribution in [3.05, 3.63) is 24.0 Å². The summed E-state index contributed by atoms with van der Waals surface area (Å²) in [6.07, 6.45) is 3.91. The second-order valence-corrected chi connectivity index (χ2v) is 5.94. The van der Waals surface area contributed by atoms with Gasteiger partial charge in [-0.1, -0.05) is 0 Å². The Morgan fingerprint density at radius 3 is 2.86 bits per heavy atom. The number of benzene rings is 1. The number of nitrogens with zero attached hydrogens (tertiary/aromatic N) is 1. The molecule has 0 bridgehead atoms. The van der Waals surface area contributed by atoms with Crippen molar-refractivity contribution in [3.63, 3.8) is 0 Å². The lowest BCUT2D eigenvalue weighted by atomic mass is 10.1. The van der Waals surface area contributed by atoms with Gasteiger partial charge in [-0.2, -0.15) is 0 Å². The molecule has 1 aliphatic rings. The molecule has 0 radical (unpaired) electrons. The summed E-state index contributed by atoms with van der Waals surface area (Å²) in [4.78, 5) is 14.2. The second kappa shape index (κ2) is 6.89. The van der Waals surface area contributed by atoms with Gasteiger partial charge < -0.3 is 16.0 Å². The molecule has 1 fully saturated rings. The monoisotopic (exact) mass is 293 g/mol. The highest BCUT2D eigenvalue weighted by Crippen LogP contribution is 2.34. The molecule has 2 rings (SSSR count). The molecule has 0 spiro atoms. The second-order valence-electron chi connectivity index (χ2n) is 5.94. The number of nitrogens with one attached hydrogen (secondary N) is 1. The summed E-state index contributed by atoms with van der Waals surface area (Å²) in [5, 5.41) is 2.73. The summed E-state index contributed by atoms with van der Waals surface area (Å²) >= 11 is 0. The van der Waals surface area contributed by atoms with Crippen LogP contribution in [0.4, 0.5) is 15.8 Å². The summed E-state index contributed by atoms with van der Waals surface area (Å²) in [7, 11) is 2.11. The zero-order valence-corrected chi connectivity index (χ0v) is 12.7. The first-order chi connectivity index (χ1) is 9.97. The number of rotatable bonds is 7. The van der Waals surface area contributed by atoms with Gasteiger partial charge in [0.05, 0.1) is 11.4 Å². The van der Waals surface area contributed by atoms with Crippen LogP contribution < -0.4 is 11.1 Å². The van der Waals surface area contributed by atoms with Crippen molar-refractivity contribution in [2.24, 2.45) is 5.92 Å². The maximum Gasteiger partial charge on any atom is 0.224 e. The van der Waals surface area contributed by atoms with Crippen LogP contribution in [0.15, 0.2) is 18.2 Å². The fourth-order valence-electron chi connectivity index (χ4n) is 2.49. The Bertz CT molecular complexity index is 502. The van der Waals surface area contributed by atoms with Crippen LogP contribution in [-0.2, 0) is 4.79 Å². The van der Waals surface area contributed by atoms with Gasteiger partial charge in [-0.3, -0.25) is 4.79 Å². The molecule has 1 aliphatic carbocycles. The van der Waals surface area contributed by atoms with E-state index in [2.05, 4.69) is 24.2 Å². The number of nitrogens with two attached hydrogens (primary N) is 1. The molecule has 1 unspecified atom stereocenters. The lowest BCUT2D eigenvalue weighted by Gasteiger charge is -2.24. The predicted molar refractivity (Wildman–Crippen MR) is 83.5 cm³/mol. The highest BCUT2D eigenvalue weighted by Gasteiger charge is 2.30. The maximum absolute atomic E-state index is 12.9. The van der Waals surface area contributed by atoms with E-state index in [9.17, 15) is 9.18 Å². The van der Waals surface area contributed by atoms with Gasteiger partial charge in [0.25, 0.3) is 0 Å². The average molecular weight is 293 g/mol.